The van der Waals surface area contributed by atoms with E-state index in [4.69, 9.17) is 0 Å². The summed E-state index contributed by atoms with van der Waals surface area (Å²) in [6.07, 6.45) is 20.8. The molecular weight excluding hydrogens is 256 g/mol. The maximum absolute atomic E-state index is 2.48. The molecule has 0 N–H and O–H groups in total. The molecule has 0 aromatic carbocycles. The van der Waals surface area contributed by atoms with E-state index in [1.807, 2.05) is 0 Å². The number of nitrogens with zero attached hydrogens (tertiary/aromatic N) is 2. The van der Waals surface area contributed by atoms with Gasteiger partial charge in [0, 0.05) is 25.5 Å². The van der Waals surface area contributed by atoms with E-state index in [1.54, 1.807) is 0 Å². The first-order valence-electron chi connectivity index (χ1n) is 9.49. The van der Waals surface area contributed by atoms with Gasteiger partial charge >= 0.3 is 0 Å². The zero-order valence-electron chi connectivity index (χ0n) is 14.8. The van der Waals surface area contributed by atoms with Crippen molar-refractivity contribution in [2.24, 2.45) is 0 Å². The summed E-state index contributed by atoms with van der Waals surface area (Å²) in [7, 11) is 0. The van der Waals surface area contributed by atoms with Crippen molar-refractivity contribution in [1.29, 1.82) is 0 Å². The highest BCUT2D eigenvalue weighted by Crippen LogP contribution is 2.16. The Morgan fingerprint density at radius 2 is 1.14 bits per heavy atom. The van der Waals surface area contributed by atoms with Crippen LogP contribution in [0.1, 0.15) is 91.4 Å². The maximum Gasteiger partial charge on any atom is 0.0977 e. The van der Waals surface area contributed by atoms with E-state index < -0.39 is 0 Å². The number of hydrogen-bond donors (Lipinski definition) is 0. The minimum absolute atomic E-state index is 0.568. The van der Waals surface area contributed by atoms with E-state index in [0.717, 1.165) is 6.54 Å². The molecule has 1 atom stereocenters. The summed E-state index contributed by atoms with van der Waals surface area (Å²) in [6.45, 7) is 9.17. The molecule has 21 heavy (non-hydrogen) atoms. The second kappa shape index (κ2) is 11.9. The molecule has 1 unspecified atom stereocenters. The van der Waals surface area contributed by atoms with Gasteiger partial charge in [-0.05, 0) is 20.3 Å². The van der Waals surface area contributed by atoms with Crippen molar-refractivity contribution in [1.82, 2.24) is 9.80 Å². The Kier molecular flexibility index (Phi) is 10.5. The van der Waals surface area contributed by atoms with Crippen LogP contribution in [0, 0.1) is 0 Å². The molecule has 0 saturated carbocycles. The van der Waals surface area contributed by atoms with E-state index in [0.29, 0.717) is 6.17 Å². The topological polar surface area (TPSA) is 6.48 Å². The monoisotopic (exact) mass is 294 g/mol. The Morgan fingerprint density at radius 1 is 0.667 bits per heavy atom. The van der Waals surface area contributed by atoms with Gasteiger partial charge in [0.1, 0.15) is 0 Å². The van der Waals surface area contributed by atoms with Gasteiger partial charge in [0.25, 0.3) is 0 Å². The third kappa shape index (κ3) is 7.78. The van der Waals surface area contributed by atoms with Crippen molar-refractivity contribution in [3.8, 4) is 0 Å². The Balaban J connectivity index is 1.84. The zero-order chi connectivity index (χ0) is 15.3. The normalized spacial score (nSPS) is 18.0. The van der Waals surface area contributed by atoms with Gasteiger partial charge in [-0.2, -0.15) is 0 Å². The predicted octanol–water partition coefficient (Wildman–Crippen LogP) is 5.75. The van der Waals surface area contributed by atoms with Crippen LogP contribution in [0.25, 0.3) is 0 Å². The highest BCUT2D eigenvalue weighted by atomic mass is 15.4. The van der Waals surface area contributed by atoms with Crippen molar-refractivity contribution < 1.29 is 0 Å². The largest absolute Gasteiger partial charge is 0.357 e. The first-order valence-corrected chi connectivity index (χ1v) is 9.49. The first kappa shape index (κ1) is 18.4. The molecular formula is C19H38N2. The van der Waals surface area contributed by atoms with Crippen molar-refractivity contribution in [3.05, 3.63) is 12.4 Å². The van der Waals surface area contributed by atoms with Gasteiger partial charge in [0.05, 0.1) is 6.17 Å². The second-order valence-electron chi connectivity index (χ2n) is 6.53. The molecule has 1 aliphatic rings. The molecule has 0 aliphatic carbocycles. The SMILES string of the molecule is CCCCCCCCCCCCCN1C=CN(CC)C1C. The minimum Gasteiger partial charge on any atom is -0.357 e. The third-order valence-electron chi connectivity index (χ3n) is 4.79. The number of hydrogen-bond acceptors (Lipinski definition) is 2. The first-order chi connectivity index (χ1) is 10.3. The van der Waals surface area contributed by atoms with Gasteiger partial charge < -0.3 is 9.80 Å². The zero-order valence-corrected chi connectivity index (χ0v) is 14.8. The maximum atomic E-state index is 2.48. The summed E-state index contributed by atoms with van der Waals surface area (Å²) in [6, 6.07) is 0. The van der Waals surface area contributed by atoms with Crippen LogP contribution in [-0.2, 0) is 0 Å². The quantitative estimate of drug-likeness (QED) is 0.399. The van der Waals surface area contributed by atoms with E-state index in [9.17, 15) is 0 Å². The van der Waals surface area contributed by atoms with Gasteiger partial charge in [-0.25, -0.2) is 0 Å². The average molecular weight is 295 g/mol. The molecule has 1 aliphatic heterocycles. The summed E-state index contributed by atoms with van der Waals surface area (Å²) in [5.41, 5.74) is 0. The predicted molar refractivity (Wildman–Crippen MR) is 94.1 cm³/mol. The van der Waals surface area contributed by atoms with Crippen LogP contribution < -0.4 is 0 Å². The van der Waals surface area contributed by atoms with Gasteiger partial charge in [0.15, 0.2) is 0 Å². The minimum atomic E-state index is 0.568. The lowest BCUT2D eigenvalue weighted by atomic mass is 10.1. The van der Waals surface area contributed by atoms with Gasteiger partial charge in [-0.15, -0.1) is 0 Å². The fraction of sp³-hybridized carbons (Fsp3) is 0.895. The van der Waals surface area contributed by atoms with Crippen LogP contribution >= 0.6 is 0 Å². The fourth-order valence-electron chi connectivity index (χ4n) is 3.20. The Bertz CT molecular complexity index is 262. The molecule has 0 spiro atoms. The fourth-order valence-corrected chi connectivity index (χ4v) is 3.20. The van der Waals surface area contributed by atoms with E-state index in [2.05, 4.69) is 43.0 Å². The van der Waals surface area contributed by atoms with Crippen LogP contribution in [-0.4, -0.2) is 29.1 Å². The molecule has 2 heteroatoms. The van der Waals surface area contributed by atoms with Gasteiger partial charge in [0.2, 0.25) is 0 Å². The number of rotatable bonds is 13. The highest BCUT2D eigenvalue weighted by molar-refractivity contribution is 4.94. The van der Waals surface area contributed by atoms with E-state index in [-0.39, 0.29) is 0 Å². The molecule has 1 heterocycles. The smallest absolute Gasteiger partial charge is 0.0977 e. The molecule has 0 radical (unpaired) electrons. The summed E-state index contributed by atoms with van der Waals surface area (Å²) >= 11 is 0. The van der Waals surface area contributed by atoms with Crippen LogP contribution in [0.15, 0.2) is 12.4 Å². The summed E-state index contributed by atoms with van der Waals surface area (Å²) < 4.78 is 0. The van der Waals surface area contributed by atoms with E-state index >= 15 is 0 Å². The summed E-state index contributed by atoms with van der Waals surface area (Å²) in [4.78, 5) is 4.88. The van der Waals surface area contributed by atoms with Crippen LogP contribution in [0.4, 0.5) is 0 Å². The molecule has 0 aromatic heterocycles. The lowest BCUT2D eigenvalue weighted by molar-refractivity contribution is 0.173. The summed E-state index contributed by atoms with van der Waals surface area (Å²) in [5, 5.41) is 0. The van der Waals surface area contributed by atoms with Crippen molar-refractivity contribution in [2.75, 3.05) is 13.1 Å². The van der Waals surface area contributed by atoms with Crippen LogP contribution in [0.3, 0.4) is 0 Å². The van der Waals surface area contributed by atoms with Crippen molar-refractivity contribution >= 4 is 0 Å². The molecule has 0 fully saturated rings. The van der Waals surface area contributed by atoms with Crippen molar-refractivity contribution in [3.63, 3.8) is 0 Å². The Morgan fingerprint density at radius 3 is 1.62 bits per heavy atom. The molecule has 0 bridgehead atoms. The highest BCUT2D eigenvalue weighted by Gasteiger charge is 2.19. The lowest BCUT2D eigenvalue weighted by Gasteiger charge is -2.28. The Labute approximate surface area is 133 Å². The molecule has 2 nitrogen and oxygen atoms in total. The van der Waals surface area contributed by atoms with Crippen LogP contribution in [0.5, 0.6) is 0 Å². The second-order valence-corrected chi connectivity index (χ2v) is 6.53. The third-order valence-corrected chi connectivity index (χ3v) is 4.79. The molecule has 1 rings (SSSR count). The van der Waals surface area contributed by atoms with Gasteiger partial charge in [-0.3, -0.25) is 0 Å². The van der Waals surface area contributed by atoms with Crippen LogP contribution in [0.2, 0.25) is 0 Å². The number of unbranched alkanes of at least 4 members (excludes halogenated alkanes) is 10. The van der Waals surface area contributed by atoms with Crippen molar-refractivity contribution in [2.45, 2.75) is 97.6 Å². The molecule has 0 amide bonds. The standard InChI is InChI=1S/C19H38N2/c1-4-6-7-8-9-10-11-12-13-14-15-16-21-18-17-20(5-2)19(21)3/h17-19H,4-16H2,1-3H3. The summed E-state index contributed by atoms with van der Waals surface area (Å²) in [5.74, 6) is 0. The average Bonchev–Trinajstić information content (AvgIpc) is 2.85. The molecule has 0 saturated heterocycles. The molecule has 0 aromatic rings. The Hall–Kier alpha value is -0.660. The molecule has 124 valence electrons. The van der Waals surface area contributed by atoms with Gasteiger partial charge in [-0.1, -0.05) is 71.1 Å². The van der Waals surface area contributed by atoms with E-state index in [1.165, 1.54) is 77.2 Å². The lowest BCUT2D eigenvalue weighted by Crippen LogP contribution is -2.36.